The molecule has 52 heavy (non-hydrogen) atoms. The second kappa shape index (κ2) is 18.0. The number of H-pyrrole nitrogens is 2. The predicted molar refractivity (Wildman–Crippen MR) is 213 cm³/mol. The van der Waals surface area contributed by atoms with Gasteiger partial charge in [0.05, 0.1) is 4.90 Å². The van der Waals surface area contributed by atoms with Crippen molar-refractivity contribution in [2.24, 2.45) is 5.73 Å². The Morgan fingerprint density at radius 3 is 1.75 bits per heavy atom. The number of fused-ring (bicyclic) bond motifs is 2. The van der Waals surface area contributed by atoms with Crippen LogP contribution in [0.5, 0.6) is 0 Å². The number of aliphatic carboxylic acids is 2. The van der Waals surface area contributed by atoms with Crippen LogP contribution >= 0.6 is 55.9 Å². The molecule has 2 unspecified atom stereocenters. The Balaban J connectivity index is 0.000000191. The average Bonchev–Trinajstić information content (AvgIpc) is 3.68. The largest absolute Gasteiger partial charge is 0.480 e. The van der Waals surface area contributed by atoms with E-state index in [0.717, 1.165) is 48.6 Å². The van der Waals surface area contributed by atoms with E-state index in [9.17, 15) is 35.9 Å². The van der Waals surface area contributed by atoms with Crippen molar-refractivity contribution in [3.8, 4) is 0 Å². The molecule has 0 aliphatic rings. The van der Waals surface area contributed by atoms with Crippen molar-refractivity contribution in [3.63, 3.8) is 0 Å². The van der Waals surface area contributed by atoms with E-state index in [2.05, 4.69) is 37.3 Å². The maximum Gasteiger partial charge on any atom is 0.322 e. The normalized spacial score (nSPS) is 12.6. The van der Waals surface area contributed by atoms with Gasteiger partial charge in [-0.2, -0.15) is 4.72 Å². The molecular weight excluding hydrogens is 965 g/mol. The highest BCUT2D eigenvalue weighted by atomic mass is 127. The summed E-state index contributed by atoms with van der Waals surface area (Å²) in [4.78, 5) is 27.9. The molecule has 0 radical (unpaired) electrons. The third kappa shape index (κ3) is 11.2. The summed E-state index contributed by atoms with van der Waals surface area (Å²) in [6.07, 6.45) is 3.91. The summed E-state index contributed by atoms with van der Waals surface area (Å²) in [7, 11) is -2.93. The Bertz CT molecular complexity index is 2430. The van der Waals surface area contributed by atoms with Gasteiger partial charge in [-0.1, -0.05) is 36.4 Å². The molecule has 2 atom stereocenters. The van der Waals surface area contributed by atoms with E-state index in [1.165, 1.54) is 18.2 Å². The average molecular weight is 995 g/mol. The molecule has 6 aromatic rings. The molecule has 18 heteroatoms. The number of benzene rings is 4. The number of aromatic amines is 2. The molecule has 4 aromatic carbocycles. The molecule has 0 spiro atoms. The number of sulfonamides is 1. The summed E-state index contributed by atoms with van der Waals surface area (Å²) in [5, 5.41) is 20.1. The lowest BCUT2D eigenvalue weighted by molar-refractivity contribution is -0.139. The van der Waals surface area contributed by atoms with Gasteiger partial charge >= 0.3 is 11.9 Å². The first-order chi connectivity index (χ1) is 24.5. The van der Waals surface area contributed by atoms with Crippen LogP contribution in [0.2, 0.25) is 0 Å². The van der Waals surface area contributed by atoms with Gasteiger partial charge in [-0.05, 0) is 111 Å². The highest BCUT2D eigenvalue weighted by Gasteiger charge is 2.26. The summed E-state index contributed by atoms with van der Waals surface area (Å²) >= 11 is 3.94. The van der Waals surface area contributed by atoms with Gasteiger partial charge in [0, 0.05) is 64.9 Å². The summed E-state index contributed by atoms with van der Waals surface area (Å²) in [5.41, 5.74) is 9.06. The molecule has 274 valence electrons. The number of halogens is 4. The first-order valence-electron chi connectivity index (χ1n) is 14.9. The lowest BCUT2D eigenvalue weighted by Gasteiger charge is -2.14. The minimum absolute atomic E-state index is 0.0399. The van der Waals surface area contributed by atoms with Crippen LogP contribution in [-0.4, -0.2) is 61.0 Å². The van der Waals surface area contributed by atoms with Crippen LogP contribution in [0.4, 0.5) is 4.39 Å². The summed E-state index contributed by atoms with van der Waals surface area (Å²) in [6.45, 7) is 0. The van der Waals surface area contributed by atoms with Crippen molar-refractivity contribution >= 4 is 109 Å². The fourth-order valence-corrected chi connectivity index (χ4v) is 7.77. The van der Waals surface area contributed by atoms with Crippen LogP contribution in [0.25, 0.3) is 21.8 Å². The maximum absolute atomic E-state index is 12.9. The van der Waals surface area contributed by atoms with Gasteiger partial charge in [-0.15, -0.1) is 0 Å². The van der Waals surface area contributed by atoms with Crippen LogP contribution in [-0.2, 0) is 41.5 Å². The topological polar surface area (TPSA) is 213 Å². The molecule has 0 bridgehead atoms. The highest BCUT2D eigenvalue weighted by Crippen LogP contribution is 2.22. The zero-order chi connectivity index (χ0) is 38.2. The van der Waals surface area contributed by atoms with E-state index >= 15 is 0 Å². The van der Waals surface area contributed by atoms with Gasteiger partial charge < -0.3 is 25.9 Å². The first-order valence-corrected chi connectivity index (χ1v) is 20.9. The molecule has 7 N–H and O–H groups in total. The number of nitrogens with two attached hydrogens (primary N) is 1. The molecule has 2 heterocycles. The number of aromatic nitrogens is 2. The third-order valence-corrected chi connectivity index (χ3v) is 11.6. The van der Waals surface area contributed by atoms with E-state index in [0.29, 0.717) is 9.99 Å². The van der Waals surface area contributed by atoms with Gasteiger partial charge in [0.15, 0.2) is 0 Å². The van der Waals surface area contributed by atoms with Gasteiger partial charge in [0.2, 0.25) is 10.0 Å². The second-order valence-electron chi connectivity index (χ2n) is 11.1. The van der Waals surface area contributed by atoms with Crippen molar-refractivity contribution in [1.82, 2.24) is 14.7 Å². The Kier molecular flexibility index (Phi) is 14.2. The fraction of sp³-hybridized carbons (Fsp3) is 0.118. The first kappa shape index (κ1) is 41.2. The number of carboxylic acids is 2. The minimum Gasteiger partial charge on any atom is -0.480 e. The van der Waals surface area contributed by atoms with E-state index in [-0.39, 0.29) is 11.3 Å². The number of hydrogen-bond acceptors (Lipinski definition) is 7. The number of carbonyl (C=O) groups is 2. The SMILES string of the molecule is NC(Cc1c[nH]c2ccccc12)C(=O)O.O=C(O)C(Cc1c[nH]c2ccccc12)NS(=O)(=O)c1ccc(I)cc1.O=S(=O)(Cl)c1ccc(I)cc1F. The van der Waals surface area contributed by atoms with E-state index < -0.39 is 53.8 Å². The molecule has 2 aromatic heterocycles. The molecule has 0 saturated carbocycles. The number of hydrogen-bond donors (Lipinski definition) is 6. The molecule has 0 amide bonds. The lowest BCUT2D eigenvalue weighted by atomic mass is 10.1. The van der Waals surface area contributed by atoms with E-state index in [4.69, 9.17) is 21.5 Å². The van der Waals surface area contributed by atoms with Crippen molar-refractivity contribution < 1.29 is 41.0 Å². The number of nitrogens with one attached hydrogen (secondary N) is 3. The molecule has 0 fully saturated rings. The number of para-hydroxylation sites is 2. The molecule has 0 saturated heterocycles. The lowest BCUT2D eigenvalue weighted by Crippen LogP contribution is -2.42. The van der Waals surface area contributed by atoms with Gasteiger partial charge in [0.1, 0.15) is 22.8 Å². The smallest absolute Gasteiger partial charge is 0.322 e. The van der Waals surface area contributed by atoms with Gasteiger partial charge in [-0.3, -0.25) is 9.59 Å². The van der Waals surface area contributed by atoms with Crippen LogP contribution in [0.1, 0.15) is 11.1 Å². The van der Waals surface area contributed by atoms with Crippen LogP contribution in [0.3, 0.4) is 0 Å². The molecule has 0 aliphatic carbocycles. The van der Waals surface area contributed by atoms with Gasteiger partial charge in [0.25, 0.3) is 9.05 Å². The van der Waals surface area contributed by atoms with Crippen molar-refractivity contribution in [2.45, 2.75) is 34.7 Å². The minimum atomic E-state index is -3.96. The summed E-state index contributed by atoms with van der Waals surface area (Å²) in [6, 6.07) is 23.1. The highest BCUT2D eigenvalue weighted by molar-refractivity contribution is 14.1. The third-order valence-electron chi connectivity index (χ3n) is 7.41. The van der Waals surface area contributed by atoms with Crippen molar-refractivity contribution in [1.29, 1.82) is 0 Å². The second-order valence-corrected chi connectivity index (χ2v) is 17.8. The van der Waals surface area contributed by atoms with E-state index in [1.54, 1.807) is 18.3 Å². The number of carboxylic acid groups (broad SMARTS) is 2. The Hall–Kier alpha value is -3.60. The van der Waals surface area contributed by atoms with E-state index in [1.807, 2.05) is 77.3 Å². The summed E-state index contributed by atoms with van der Waals surface area (Å²) in [5.74, 6) is -3.02. The predicted octanol–water partition coefficient (Wildman–Crippen LogP) is 6.23. The number of rotatable bonds is 10. The molecule has 6 rings (SSSR count). The monoisotopic (exact) mass is 994 g/mol. The molecule has 0 aliphatic heterocycles. The Morgan fingerprint density at radius 1 is 0.769 bits per heavy atom. The van der Waals surface area contributed by atoms with Crippen molar-refractivity contribution in [3.05, 3.63) is 127 Å². The Morgan fingerprint density at radius 2 is 1.27 bits per heavy atom. The zero-order valence-corrected chi connectivity index (χ0v) is 33.3. The molecule has 12 nitrogen and oxygen atoms in total. The van der Waals surface area contributed by atoms with Crippen LogP contribution in [0, 0.1) is 13.0 Å². The van der Waals surface area contributed by atoms with Gasteiger partial charge in [-0.25, -0.2) is 21.2 Å². The fourth-order valence-electron chi connectivity index (χ4n) is 4.87. The maximum atomic E-state index is 12.9. The van der Waals surface area contributed by atoms with Crippen LogP contribution in [0.15, 0.2) is 113 Å². The summed E-state index contributed by atoms with van der Waals surface area (Å²) < 4.78 is 63.0. The Labute approximate surface area is 329 Å². The molecular formula is C34H30ClFI2N4O8S2. The van der Waals surface area contributed by atoms with Crippen molar-refractivity contribution in [2.75, 3.05) is 0 Å². The van der Waals surface area contributed by atoms with Crippen LogP contribution < -0.4 is 10.5 Å². The quantitative estimate of drug-likeness (QED) is 0.0678. The zero-order valence-electron chi connectivity index (χ0n) is 26.6. The standard InChI is InChI=1S/C17H15IN2O4S.C11H12N2O2.C6H3ClFIO2S/c18-12-5-7-13(8-6-12)25(23,24)20-16(17(21)22)9-11-10-19-15-4-2-1-3-14(11)15;12-9(11(14)15)5-7-6-13-10-4-2-1-3-8(7)10;7-12(10,11)6-2-1-4(9)3-5(6)8/h1-8,10,16,19-20H,9H2,(H,21,22);1-4,6,9,13H,5,12H2,(H,14,15);1-3H.